The van der Waals surface area contributed by atoms with E-state index >= 15 is 0 Å². The van der Waals surface area contributed by atoms with E-state index in [1.807, 2.05) is 48.2 Å². The summed E-state index contributed by atoms with van der Waals surface area (Å²) in [6, 6.07) is 70.3. The highest BCUT2D eigenvalue weighted by atomic mass is 32.2. The Morgan fingerprint density at radius 2 is 1.04 bits per heavy atom. The van der Waals surface area contributed by atoms with Gasteiger partial charge in [-0.25, -0.2) is 9.98 Å². The summed E-state index contributed by atoms with van der Waals surface area (Å²) < 4.78 is 2.44. The largest absolute Gasteiger partial charge is 0.324 e. The van der Waals surface area contributed by atoms with Gasteiger partial charge < -0.3 is 9.88 Å². The second-order valence-corrected chi connectivity index (χ2v) is 16.0. The molecule has 268 valence electrons. The fraction of sp³-hybridized carbons (Fsp3) is 0.0385. The number of fused-ring (bicyclic) bond motifs is 12. The molecule has 12 rings (SSSR count). The summed E-state index contributed by atoms with van der Waals surface area (Å²) in [5.41, 5.74) is 14.1. The Bertz CT molecular complexity index is 3080. The molecule has 57 heavy (non-hydrogen) atoms. The van der Waals surface area contributed by atoms with Crippen molar-refractivity contribution < 1.29 is 0 Å². The van der Waals surface area contributed by atoms with Gasteiger partial charge in [0, 0.05) is 37.4 Å². The number of nitrogens with zero attached hydrogens (tertiary/aromatic N) is 3. The van der Waals surface area contributed by atoms with Crippen LogP contribution in [0.1, 0.15) is 45.1 Å². The first-order valence-corrected chi connectivity index (χ1v) is 20.3. The first-order chi connectivity index (χ1) is 28.3. The highest BCUT2D eigenvalue weighted by Gasteiger charge is 2.50. The molecule has 5 heteroatoms. The first kappa shape index (κ1) is 32.3. The highest BCUT2D eigenvalue weighted by molar-refractivity contribution is 7.99. The Labute approximate surface area is 334 Å². The van der Waals surface area contributed by atoms with Crippen molar-refractivity contribution in [2.45, 2.75) is 21.4 Å². The monoisotopic (exact) mass is 746 g/mol. The molecule has 0 fully saturated rings. The lowest BCUT2D eigenvalue weighted by atomic mass is 9.67. The number of amidine groups is 2. The zero-order chi connectivity index (χ0) is 37.5. The van der Waals surface area contributed by atoms with Gasteiger partial charge in [0.15, 0.2) is 6.17 Å². The lowest BCUT2D eigenvalue weighted by molar-refractivity contribution is 0.723. The Balaban J connectivity index is 1.05. The zero-order valence-corrected chi connectivity index (χ0v) is 31.6. The maximum atomic E-state index is 5.14. The molecule has 8 aromatic carbocycles. The van der Waals surface area contributed by atoms with Gasteiger partial charge in [-0.3, -0.25) is 0 Å². The van der Waals surface area contributed by atoms with E-state index in [0.29, 0.717) is 0 Å². The van der Waals surface area contributed by atoms with Crippen molar-refractivity contribution in [3.8, 4) is 16.8 Å². The van der Waals surface area contributed by atoms with Crippen LogP contribution in [0.15, 0.2) is 214 Å². The molecule has 1 atom stereocenters. The molecule has 9 aromatic rings. The summed E-state index contributed by atoms with van der Waals surface area (Å²) >= 11 is 1.88. The minimum atomic E-state index is -0.443. The smallest absolute Gasteiger partial charge is 0.169 e. The molecule has 1 spiro atoms. The molecular weight excluding hydrogens is 713 g/mol. The van der Waals surface area contributed by atoms with E-state index in [0.717, 1.165) is 34.0 Å². The summed E-state index contributed by atoms with van der Waals surface area (Å²) in [4.78, 5) is 12.8. The average molecular weight is 747 g/mol. The minimum Gasteiger partial charge on any atom is -0.324 e. The molecule has 1 unspecified atom stereocenters. The number of para-hydroxylation sites is 1. The van der Waals surface area contributed by atoms with Gasteiger partial charge in [0.1, 0.15) is 11.7 Å². The third-order valence-corrected chi connectivity index (χ3v) is 13.1. The van der Waals surface area contributed by atoms with Crippen LogP contribution in [0.5, 0.6) is 0 Å². The van der Waals surface area contributed by atoms with Crippen LogP contribution >= 0.6 is 11.8 Å². The van der Waals surface area contributed by atoms with Gasteiger partial charge in [0.25, 0.3) is 0 Å². The summed E-state index contributed by atoms with van der Waals surface area (Å²) in [6.45, 7) is 0. The number of hydrogen-bond donors (Lipinski definition) is 1. The van der Waals surface area contributed by atoms with Crippen LogP contribution < -0.4 is 5.32 Å². The molecule has 1 aliphatic carbocycles. The molecule has 3 heterocycles. The maximum absolute atomic E-state index is 5.14. The number of benzene rings is 8. The fourth-order valence-corrected chi connectivity index (χ4v) is 10.7. The van der Waals surface area contributed by atoms with Crippen LogP contribution in [-0.2, 0) is 5.41 Å². The van der Waals surface area contributed by atoms with Crippen LogP contribution in [0.2, 0.25) is 0 Å². The van der Waals surface area contributed by atoms with Crippen molar-refractivity contribution in [2.75, 3.05) is 0 Å². The average Bonchev–Trinajstić information content (AvgIpc) is 3.76. The molecule has 2 aliphatic heterocycles. The van der Waals surface area contributed by atoms with E-state index in [1.165, 1.54) is 65.0 Å². The van der Waals surface area contributed by atoms with E-state index in [2.05, 4.69) is 168 Å². The third-order valence-electron chi connectivity index (χ3n) is 11.9. The minimum absolute atomic E-state index is 0.346. The lowest BCUT2D eigenvalue weighted by Crippen LogP contribution is -2.36. The van der Waals surface area contributed by atoms with Crippen molar-refractivity contribution in [3.05, 3.63) is 233 Å². The topological polar surface area (TPSA) is 41.7 Å². The molecule has 4 nitrogen and oxygen atoms in total. The van der Waals surface area contributed by atoms with Crippen LogP contribution in [-0.4, -0.2) is 16.2 Å². The van der Waals surface area contributed by atoms with Gasteiger partial charge in [-0.15, -0.1) is 0 Å². The summed E-state index contributed by atoms with van der Waals surface area (Å²) in [5.74, 6) is 1.62. The SMILES string of the molecule is c1ccc(C2=NC(c3ccccc3)N=C(c3ccc(-n4c5ccccc5c5cc6c(cc54)C4(c5ccccc5Sc5ccccc54)c4ccccc4-6)cc3)N2)cc1. The van der Waals surface area contributed by atoms with E-state index in [9.17, 15) is 0 Å². The number of aliphatic imine (C=N–C) groups is 2. The Morgan fingerprint density at radius 3 is 1.75 bits per heavy atom. The van der Waals surface area contributed by atoms with Crippen molar-refractivity contribution in [2.24, 2.45) is 9.98 Å². The van der Waals surface area contributed by atoms with Crippen LogP contribution in [0.4, 0.5) is 0 Å². The van der Waals surface area contributed by atoms with E-state index in [4.69, 9.17) is 9.98 Å². The second kappa shape index (κ2) is 12.5. The predicted molar refractivity (Wildman–Crippen MR) is 234 cm³/mol. The molecule has 3 aliphatic rings. The van der Waals surface area contributed by atoms with Gasteiger partial charge in [-0.2, -0.15) is 0 Å². The Hall–Kier alpha value is -6.95. The van der Waals surface area contributed by atoms with Crippen LogP contribution in [0, 0.1) is 0 Å². The molecular formula is C52H34N4S. The first-order valence-electron chi connectivity index (χ1n) is 19.4. The fourth-order valence-electron chi connectivity index (χ4n) is 9.47. The zero-order valence-electron chi connectivity index (χ0n) is 30.8. The van der Waals surface area contributed by atoms with Crippen LogP contribution in [0.3, 0.4) is 0 Å². The summed E-state index contributed by atoms with van der Waals surface area (Å²) in [5, 5.41) is 6.07. The molecule has 1 N–H and O–H groups in total. The number of hydrogen-bond acceptors (Lipinski definition) is 4. The number of rotatable bonds is 4. The summed E-state index contributed by atoms with van der Waals surface area (Å²) in [7, 11) is 0. The van der Waals surface area contributed by atoms with E-state index in [-0.39, 0.29) is 6.17 Å². The Kier molecular flexibility index (Phi) is 7.10. The van der Waals surface area contributed by atoms with Gasteiger partial charge >= 0.3 is 0 Å². The molecule has 0 saturated heterocycles. The second-order valence-electron chi connectivity index (χ2n) is 14.9. The Morgan fingerprint density at radius 1 is 0.456 bits per heavy atom. The molecule has 1 aromatic heterocycles. The normalized spacial score (nSPS) is 16.0. The van der Waals surface area contributed by atoms with Crippen molar-refractivity contribution in [3.63, 3.8) is 0 Å². The lowest BCUT2D eigenvalue weighted by Gasteiger charge is -2.39. The summed E-state index contributed by atoms with van der Waals surface area (Å²) in [6.07, 6.45) is -0.346. The van der Waals surface area contributed by atoms with E-state index < -0.39 is 5.41 Å². The number of nitrogens with one attached hydrogen (secondary N) is 1. The third kappa shape index (κ3) is 4.76. The van der Waals surface area contributed by atoms with E-state index in [1.54, 1.807) is 0 Å². The molecule has 0 amide bonds. The van der Waals surface area contributed by atoms with Gasteiger partial charge in [-0.1, -0.05) is 151 Å². The van der Waals surface area contributed by atoms with Crippen molar-refractivity contribution in [1.29, 1.82) is 0 Å². The molecule has 0 saturated carbocycles. The van der Waals surface area contributed by atoms with Crippen molar-refractivity contribution >= 4 is 45.2 Å². The molecule has 0 radical (unpaired) electrons. The number of aromatic nitrogens is 1. The standard InChI is InChI=1S/C52H34N4S/c1-3-15-33(16-4-1)49-53-50(34-17-5-2-6-18-34)55-51(54-49)35-27-29-36(30-28-35)56-45-24-12-8-20-38(45)40-31-39-37-19-7-9-21-41(37)52(44(39)32-46(40)56)42-22-10-13-25-47(42)57-48-26-14-11-23-43(48)52/h1-32,49H,(H,53,54,55). The van der Waals surface area contributed by atoms with Gasteiger partial charge in [0.05, 0.1) is 16.4 Å². The van der Waals surface area contributed by atoms with Gasteiger partial charge in [-0.05, 0) is 93.5 Å². The maximum Gasteiger partial charge on any atom is 0.169 e. The van der Waals surface area contributed by atoms with Gasteiger partial charge in [0.2, 0.25) is 0 Å². The molecule has 0 bridgehead atoms. The van der Waals surface area contributed by atoms with Crippen molar-refractivity contribution in [1.82, 2.24) is 9.88 Å². The highest BCUT2D eigenvalue weighted by Crippen LogP contribution is 2.62. The predicted octanol–water partition coefficient (Wildman–Crippen LogP) is 12.1. The van der Waals surface area contributed by atoms with Crippen LogP contribution in [0.25, 0.3) is 38.6 Å². The quantitative estimate of drug-likeness (QED) is 0.195.